The van der Waals surface area contributed by atoms with Gasteiger partial charge in [-0.3, -0.25) is 14.4 Å². The molecule has 0 spiro atoms. The van der Waals surface area contributed by atoms with Crippen LogP contribution < -0.4 is 15.5 Å². The average molecular weight is 492 g/mol. The van der Waals surface area contributed by atoms with Crippen molar-refractivity contribution >= 4 is 46.2 Å². The Kier molecular flexibility index (Phi) is 5.37. The number of anilines is 2. The number of nitrogens with two attached hydrogens (primary N) is 1. The van der Waals surface area contributed by atoms with E-state index in [9.17, 15) is 34.8 Å². The van der Waals surface area contributed by atoms with Crippen molar-refractivity contribution in [1.82, 2.24) is 0 Å². The fraction of sp³-hybridized carbons (Fsp3) is 0.435. The lowest BCUT2D eigenvalue weighted by Gasteiger charge is -2.46. The van der Waals surface area contributed by atoms with E-state index in [1.54, 1.807) is 38.0 Å². The Morgan fingerprint density at radius 2 is 1.65 bits per heavy atom. The van der Waals surface area contributed by atoms with Crippen molar-refractivity contribution in [2.75, 3.05) is 38.0 Å². The summed E-state index contributed by atoms with van der Waals surface area (Å²) >= 11 is 6.63. The third kappa shape index (κ3) is 2.94. The number of aromatic hydroxyl groups is 1. The molecule has 1 aromatic rings. The molecule has 0 aliphatic heterocycles. The van der Waals surface area contributed by atoms with Gasteiger partial charge in [-0.05, 0) is 24.3 Å². The van der Waals surface area contributed by atoms with Crippen LogP contribution in [0.1, 0.15) is 24.0 Å². The van der Waals surface area contributed by atoms with Gasteiger partial charge < -0.3 is 36.0 Å². The van der Waals surface area contributed by atoms with E-state index < -0.39 is 52.0 Å². The minimum Gasteiger partial charge on any atom is -0.508 e. The summed E-state index contributed by atoms with van der Waals surface area (Å²) in [6, 6.07) is 0. The summed E-state index contributed by atoms with van der Waals surface area (Å²) in [7, 11) is 6.84. The second-order valence-electron chi connectivity index (χ2n) is 9.41. The molecule has 0 saturated heterocycles. The van der Waals surface area contributed by atoms with Gasteiger partial charge in [0.25, 0.3) is 5.91 Å². The number of benzene rings is 1. The first-order chi connectivity index (χ1) is 15.7. The van der Waals surface area contributed by atoms with E-state index in [4.69, 9.17) is 17.3 Å². The Hall–Kier alpha value is -3.24. The lowest BCUT2D eigenvalue weighted by atomic mass is 9.59. The van der Waals surface area contributed by atoms with Gasteiger partial charge in [0.15, 0.2) is 17.1 Å². The molecule has 4 rings (SSSR count). The number of nitrogens with zero attached hydrogens (tertiary/aromatic N) is 2. The first-order valence-corrected chi connectivity index (χ1v) is 11.0. The molecule has 182 valence electrons. The molecule has 34 heavy (non-hydrogen) atoms. The number of carbonyl (C=O) groups is 3. The van der Waals surface area contributed by atoms with Crippen molar-refractivity contribution in [3.8, 4) is 5.75 Å². The first-order valence-electron chi connectivity index (χ1n) is 10.6. The van der Waals surface area contributed by atoms with Crippen LogP contribution in [0.4, 0.5) is 11.4 Å². The molecule has 1 amide bonds. The predicted molar refractivity (Wildman–Crippen MR) is 125 cm³/mol. The standard InChI is InChI=1S/C23H26ClN3O7/c1-26(2)16-10-6-8-5-9-7-11(28)14(22(25)33)21(32)23(9,34)20(31)12(8)18(29)13(10)19(30)17(15(16)24)27(3)4/h8-9,29-30,32,34H,5-7H2,1-4H3,(H2,25,33)/t8?,9?,23-/m0/s1. The van der Waals surface area contributed by atoms with E-state index in [0.717, 1.165) is 0 Å². The molecule has 0 heterocycles. The molecular weight excluding hydrogens is 466 g/mol. The number of hydrogen-bond acceptors (Lipinski definition) is 9. The van der Waals surface area contributed by atoms with Crippen molar-refractivity contribution in [3.63, 3.8) is 0 Å². The molecular formula is C23H26ClN3O7. The fourth-order valence-corrected chi connectivity index (χ4v) is 6.11. The minimum absolute atomic E-state index is 0.00364. The smallest absolute Gasteiger partial charge is 0.255 e. The number of amides is 1. The van der Waals surface area contributed by atoms with Crippen molar-refractivity contribution in [3.05, 3.63) is 33.1 Å². The van der Waals surface area contributed by atoms with Crippen molar-refractivity contribution in [2.45, 2.75) is 24.9 Å². The summed E-state index contributed by atoms with van der Waals surface area (Å²) in [6.45, 7) is 0. The number of hydrogen-bond donors (Lipinski definition) is 5. The van der Waals surface area contributed by atoms with E-state index in [2.05, 4.69) is 0 Å². The first kappa shape index (κ1) is 23.9. The molecule has 1 aromatic carbocycles. The molecule has 10 nitrogen and oxygen atoms in total. The number of carbonyl (C=O) groups excluding carboxylic acids is 3. The van der Waals surface area contributed by atoms with Gasteiger partial charge in [-0.15, -0.1) is 0 Å². The number of ketones is 2. The zero-order valence-corrected chi connectivity index (χ0v) is 19.9. The van der Waals surface area contributed by atoms with Crippen LogP contribution in [0.25, 0.3) is 5.76 Å². The van der Waals surface area contributed by atoms with Gasteiger partial charge in [0.05, 0.1) is 16.3 Å². The van der Waals surface area contributed by atoms with Crippen molar-refractivity contribution < 1.29 is 34.8 Å². The number of fused-ring (bicyclic) bond motifs is 3. The largest absolute Gasteiger partial charge is 0.508 e. The maximum Gasteiger partial charge on any atom is 0.255 e. The monoisotopic (exact) mass is 491 g/mol. The Bertz CT molecular complexity index is 1230. The third-order valence-electron chi connectivity index (χ3n) is 7.02. The number of phenols is 1. The number of aliphatic hydroxyl groups excluding tert-OH is 2. The topological polar surface area (TPSA) is 165 Å². The second-order valence-corrected chi connectivity index (χ2v) is 9.79. The van der Waals surface area contributed by atoms with Crippen molar-refractivity contribution in [1.29, 1.82) is 0 Å². The molecule has 0 bridgehead atoms. The maximum absolute atomic E-state index is 13.6. The highest BCUT2D eigenvalue weighted by Gasteiger charge is 2.60. The van der Waals surface area contributed by atoms with Gasteiger partial charge in [-0.25, -0.2) is 0 Å². The number of primary amides is 1. The number of rotatable bonds is 3. The van der Waals surface area contributed by atoms with Crippen LogP contribution in [0.3, 0.4) is 0 Å². The van der Waals surface area contributed by atoms with Crippen LogP contribution in [0, 0.1) is 11.8 Å². The van der Waals surface area contributed by atoms with Crippen LogP contribution in [0.2, 0.25) is 5.02 Å². The number of aliphatic hydroxyl groups is 3. The lowest BCUT2D eigenvalue weighted by Crippen LogP contribution is -2.58. The van der Waals surface area contributed by atoms with Gasteiger partial charge >= 0.3 is 0 Å². The summed E-state index contributed by atoms with van der Waals surface area (Å²) < 4.78 is 0. The molecule has 0 aromatic heterocycles. The molecule has 0 radical (unpaired) electrons. The van der Waals surface area contributed by atoms with Gasteiger partial charge in [-0.2, -0.15) is 0 Å². The lowest BCUT2D eigenvalue weighted by molar-refractivity contribution is -0.147. The number of halogens is 1. The third-order valence-corrected chi connectivity index (χ3v) is 7.37. The van der Waals surface area contributed by atoms with Crippen LogP contribution in [-0.2, 0) is 20.8 Å². The van der Waals surface area contributed by atoms with Crippen LogP contribution in [0.5, 0.6) is 5.75 Å². The predicted octanol–water partition coefficient (Wildman–Crippen LogP) is 1.21. The van der Waals surface area contributed by atoms with E-state index in [1.165, 1.54) is 0 Å². The summed E-state index contributed by atoms with van der Waals surface area (Å²) in [5.41, 5.74) is 2.91. The van der Waals surface area contributed by atoms with Crippen LogP contribution >= 0.6 is 11.6 Å². The molecule has 11 heteroatoms. The highest BCUT2D eigenvalue weighted by atomic mass is 35.5. The molecule has 3 aliphatic carbocycles. The molecule has 3 atom stereocenters. The summed E-state index contributed by atoms with van der Waals surface area (Å²) in [4.78, 5) is 41.1. The highest BCUT2D eigenvalue weighted by molar-refractivity contribution is 6.37. The zero-order chi connectivity index (χ0) is 25.4. The SMILES string of the molecule is CN(C)c1c(O)c2c(c(N(C)C)c1Cl)CC1CC3CC(=O)C(C(N)=O)=C(O)[C@@]3(O)C(=O)C1=C2O. The zero-order valence-electron chi connectivity index (χ0n) is 19.1. The Morgan fingerprint density at radius 3 is 2.18 bits per heavy atom. The summed E-state index contributed by atoms with van der Waals surface area (Å²) in [5, 5.41) is 44.5. The highest BCUT2D eigenvalue weighted by Crippen LogP contribution is 2.56. The Morgan fingerprint density at radius 1 is 1.06 bits per heavy atom. The minimum atomic E-state index is -2.59. The van der Waals surface area contributed by atoms with Crippen LogP contribution in [-0.4, -0.2) is 71.7 Å². The van der Waals surface area contributed by atoms with Gasteiger partial charge in [-0.1, -0.05) is 11.6 Å². The van der Waals surface area contributed by atoms with Crippen LogP contribution in [0.15, 0.2) is 16.9 Å². The molecule has 1 saturated carbocycles. The van der Waals surface area contributed by atoms with E-state index in [0.29, 0.717) is 11.3 Å². The summed E-state index contributed by atoms with van der Waals surface area (Å²) in [6.07, 6.45) is -0.124. The van der Waals surface area contributed by atoms with E-state index in [1.807, 2.05) is 0 Å². The number of Topliss-reactive ketones (excluding diaryl/α,β-unsaturated/α-hetero) is 2. The normalized spacial score (nSPS) is 26.2. The van der Waals surface area contributed by atoms with Crippen molar-refractivity contribution in [2.24, 2.45) is 17.6 Å². The van der Waals surface area contributed by atoms with Gasteiger partial charge in [0, 0.05) is 46.1 Å². The Labute approximate surface area is 200 Å². The second kappa shape index (κ2) is 7.64. The average Bonchev–Trinajstić information content (AvgIpc) is 2.69. The molecule has 6 N–H and O–H groups in total. The molecule has 3 aliphatic rings. The quantitative estimate of drug-likeness (QED) is 0.391. The molecule has 1 fully saturated rings. The maximum atomic E-state index is 13.6. The van der Waals surface area contributed by atoms with E-state index >= 15 is 0 Å². The van der Waals surface area contributed by atoms with E-state index in [-0.39, 0.29) is 46.9 Å². The number of phenolic OH excluding ortho intramolecular Hbond substituents is 1. The van der Waals surface area contributed by atoms with Gasteiger partial charge in [0.2, 0.25) is 5.78 Å². The fourth-order valence-electron chi connectivity index (χ4n) is 5.57. The molecule has 2 unspecified atom stereocenters. The summed E-state index contributed by atoms with van der Waals surface area (Å²) in [5.74, 6) is -6.68. The Balaban J connectivity index is 2.01. The van der Waals surface area contributed by atoms with Gasteiger partial charge in [0.1, 0.15) is 22.8 Å².